The summed E-state index contributed by atoms with van der Waals surface area (Å²) in [5.74, 6) is -0.394. The third-order valence-electron chi connectivity index (χ3n) is 2.64. The topological polar surface area (TPSA) is 79.6 Å². The second-order valence-corrected chi connectivity index (χ2v) is 3.95. The Morgan fingerprint density at radius 2 is 2.00 bits per heavy atom. The molecule has 2 aromatic heterocycles. The van der Waals surface area contributed by atoms with E-state index in [1.54, 1.807) is 12.1 Å². The molecule has 0 fully saturated rings. The van der Waals surface area contributed by atoms with Gasteiger partial charge >= 0.3 is 0 Å². The van der Waals surface area contributed by atoms with Crippen LogP contribution in [0.2, 0.25) is 0 Å². The maximum absolute atomic E-state index is 13.5. The molecule has 4 N–H and O–H groups in total. The molecule has 0 aliphatic heterocycles. The highest BCUT2D eigenvalue weighted by Crippen LogP contribution is 2.22. The number of hydrogen-bond acceptors (Lipinski definition) is 4. The molecule has 0 unspecified atom stereocenters. The number of fused-ring (bicyclic) bond motifs is 1. The van der Waals surface area contributed by atoms with Crippen molar-refractivity contribution >= 4 is 28.4 Å². The molecule has 5 nitrogen and oxygen atoms in total. The van der Waals surface area contributed by atoms with Crippen LogP contribution in [0, 0.1) is 11.6 Å². The molecule has 0 aliphatic rings. The zero-order valence-electron chi connectivity index (χ0n) is 9.61. The predicted molar refractivity (Wildman–Crippen MR) is 67.9 cm³/mol. The van der Waals surface area contributed by atoms with Crippen molar-refractivity contribution in [2.45, 2.75) is 0 Å². The van der Waals surface area contributed by atoms with Gasteiger partial charge in [0.2, 0.25) is 0 Å². The fraction of sp³-hybridized carbons (Fsp3) is 0. The summed E-state index contributed by atoms with van der Waals surface area (Å²) in [6.07, 6.45) is 0. The normalized spacial score (nSPS) is 10.8. The summed E-state index contributed by atoms with van der Waals surface area (Å²) in [5.41, 5.74) is 6.10. The van der Waals surface area contributed by atoms with Gasteiger partial charge in [0.25, 0.3) is 0 Å². The minimum Gasteiger partial charge on any atom is -0.382 e. The van der Waals surface area contributed by atoms with E-state index in [4.69, 9.17) is 5.73 Å². The van der Waals surface area contributed by atoms with Crippen molar-refractivity contribution in [1.29, 1.82) is 0 Å². The van der Waals surface area contributed by atoms with E-state index in [2.05, 4.69) is 20.5 Å². The highest BCUT2D eigenvalue weighted by molar-refractivity contribution is 5.87. The van der Waals surface area contributed by atoms with Crippen molar-refractivity contribution in [3.63, 3.8) is 0 Å². The van der Waals surface area contributed by atoms with Gasteiger partial charge in [-0.15, -0.1) is 0 Å². The van der Waals surface area contributed by atoms with Gasteiger partial charge in [0.15, 0.2) is 11.5 Å². The molecule has 0 aliphatic carbocycles. The number of anilines is 3. The molecular formula is C12H9F2N5. The Hall–Kier alpha value is -2.70. The quantitative estimate of drug-likeness (QED) is 0.662. The zero-order valence-corrected chi connectivity index (χ0v) is 9.61. The molecule has 3 rings (SSSR count). The number of benzene rings is 1. The lowest BCUT2D eigenvalue weighted by Crippen LogP contribution is -1.97. The first-order valence-electron chi connectivity index (χ1n) is 5.46. The summed E-state index contributed by atoms with van der Waals surface area (Å²) in [6.45, 7) is 0. The standard InChI is InChI=1S/C12H9F2N5/c13-6-1-3-8(14)9(5-6)16-10-4-2-7-11(15)18-19-12(7)17-10/h1-5H,(H4,15,16,17,18,19). The number of pyridine rings is 1. The molecule has 0 saturated heterocycles. The third kappa shape index (κ3) is 2.05. The number of nitrogens with one attached hydrogen (secondary N) is 2. The van der Waals surface area contributed by atoms with Gasteiger partial charge in [0.1, 0.15) is 17.5 Å². The van der Waals surface area contributed by atoms with Gasteiger partial charge in [-0.05, 0) is 24.3 Å². The van der Waals surface area contributed by atoms with E-state index in [0.29, 0.717) is 22.7 Å². The third-order valence-corrected chi connectivity index (χ3v) is 2.64. The number of nitrogens with two attached hydrogens (primary N) is 1. The highest BCUT2D eigenvalue weighted by atomic mass is 19.1. The zero-order chi connectivity index (χ0) is 13.4. The predicted octanol–water partition coefficient (Wildman–Crippen LogP) is 2.56. The van der Waals surface area contributed by atoms with E-state index in [1.165, 1.54) is 0 Å². The molecule has 0 radical (unpaired) electrons. The van der Waals surface area contributed by atoms with Crippen LogP contribution in [0.5, 0.6) is 0 Å². The smallest absolute Gasteiger partial charge is 0.159 e. The van der Waals surface area contributed by atoms with Crippen LogP contribution in [0.15, 0.2) is 30.3 Å². The van der Waals surface area contributed by atoms with Gasteiger partial charge in [-0.3, -0.25) is 5.10 Å². The largest absolute Gasteiger partial charge is 0.382 e. The molecule has 0 spiro atoms. The fourth-order valence-corrected chi connectivity index (χ4v) is 1.73. The molecule has 19 heavy (non-hydrogen) atoms. The second-order valence-electron chi connectivity index (χ2n) is 3.95. The number of halogens is 2. The van der Waals surface area contributed by atoms with Crippen LogP contribution in [-0.4, -0.2) is 15.2 Å². The number of aromatic amines is 1. The van der Waals surface area contributed by atoms with Crippen molar-refractivity contribution in [2.75, 3.05) is 11.1 Å². The second kappa shape index (κ2) is 4.20. The van der Waals surface area contributed by atoms with Gasteiger partial charge in [-0.2, -0.15) is 5.10 Å². The number of nitrogens with zero attached hydrogens (tertiary/aromatic N) is 2. The Morgan fingerprint density at radius 1 is 1.16 bits per heavy atom. The fourth-order valence-electron chi connectivity index (χ4n) is 1.73. The van der Waals surface area contributed by atoms with E-state index in [1.807, 2.05) is 0 Å². The van der Waals surface area contributed by atoms with Crippen LogP contribution in [0.25, 0.3) is 11.0 Å². The summed E-state index contributed by atoms with van der Waals surface area (Å²) in [5, 5.41) is 9.82. The van der Waals surface area contributed by atoms with Gasteiger partial charge in [0, 0.05) is 6.07 Å². The van der Waals surface area contributed by atoms with Crippen LogP contribution in [-0.2, 0) is 0 Å². The van der Waals surface area contributed by atoms with Crippen molar-refractivity contribution in [3.05, 3.63) is 42.0 Å². The van der Waals surface area contributed by atoms with Crippen LogP contribution in [0.3, 0.4) is 0 Å². The van der Waals surface area contributed by atoms with Gasteiger partial charge in [0.05, 0.1) is 11.1 Å². The van der Waals surface area contributed by atoms with E-state index < -0.39 is 11.6 Å². The van der Waals surface area contributed by atoms with Gasteiger partial charge in [-0.25, -0.2) is 13.8 Å². The average molecular weight is 261 g/mol. The Labute approximate surface area is 106 Å². The summed E-state index contributed by atoms with van der Waals surface area (Å²) >= 11 is 0. The lowest BCUT2D eigenvalue weighted by molar-refractivity contribution is 0.603. The molecular weight excluding hydrogens is 252 g/mol. The Morgan fingerprint density at radius 3 is 2.84 bits per heavy atom. The molecule has 0 amide bonds. The monoisotopic (exact) mass is 261 g/mol. The molecule has 96 valence electrons. The first kappa shape index (κ1) is 11.4. The Kier molecular flexibility index (Phi) is 2.52. The number of aromatic nitrogens is 3. The Balaban J connectivity index is 1.98. The number of hydrogen-bond donors (Lipinski definition) is 3. The van der Waals surface area contributed by atoms with E-state index >= 15 is 0 Å². The maximum Gasteiger partial charge on any atom is 0.159 e. The van der Waals surface area contributed by atoms with Crippen LogP contribution < -0.4 is 11.1 Å². The van der Waals surface area contributed by atoms with E-state index in [0.717, 1.165) is 18.2 Å². The molecule has 2 heterocycles. The summed E-state index contributed by atoms with van der Waals surface area (Å²) in [6, 6.07) is 6.46. The first-order chi connectivity index (χ1) is 9.13. The van der Waals surface area contributed by atoms with Gasteiger partial charge < -0.3 is 11.1 Å². The molecule has 0 saturated carbocycles. The van der Waals surface area contributed by atoms with E-state index in [9.17, 15) is 8.78 Å². The Bertz CT molecular complexity index is 753. The van der Waals surface area contributed by atoms with Crippen molar-refractivity contribution in [2.24, 2.45) is 0 Å². The molecule has 0 atom stereocenters. The lowest BCUT2D eigenvalue weighted by Gasteiger charge is -2.06. The minimum absolute atomic E-state index is 0.0133. The summed E-state index contributed by atoms with van der Waals surface area (Å²) in [7, 11) is 0. The average Bonchev–Trinajstić information content (AvgIpc) is 2.75. The van der Waals surface area contributed by atoms with Crippen molar-refractivity contribution in [3.8, 4) is 0 Å². The lowest BCUT2D eigenvalue weighted by atomic mass is 10.3. The molecule has 3 aromatic rings. The summed E-state index contributed by atoms with van der Waals surface area (Å²) < 4.78 is 26.5. The maximum atomic E-state index is 13.5. The number of rotatable bonds is 2. The van der Waals surface area contributed by atoms with Crippen molar-refractivity contribution in [1.82, 2.24) is 15.2 Å². The van der Waals surface area contributed by atoms with Gasteiger partial charge in [-0.1, -0.05) is 0 Å². The molecule has 7 heteroatoms. The number of nitrogen functional groups attached to an aromatic ring is 1. The first-order valence-corrected chi connectivity index (χ1v) is 5.46. The SMILES string of the molecule is Nc1n[nH]c2nc(Nc3cc(F)ccc3F)ccc12. The highest BCUT2D eigenvalue weighted by Gasteiger charge is 2.07. The molecule has 0 bridgehead atoms. The van der Waals surface area contributed by atoms with Crippen molar-refractivity contribution < 1.29 is 8.78 Å². The minimum atomic E-state index is -0.563. The summed E-state index contributed by atoms with van der Waals surface area (Å²) in [4.78, 5) is 4.16. The van der Waals surface area contributed by atoms with Crippen LogP contribution in [0.1, 0.15) is 0 Å². The molecule has 1 aromatic carbocycles. The van der Waals surface area contributed by atoms with E-state index in [-0.39, 0.29) is 5.69 Å². The van der Waals surface area contributed by atoms with Crippen LogP contribution in [0.4, 0.5) is 26.1 Å². The van der Waals surface area contributed by atoms with Crippen LogP contribution >= 0.6 is 0 Å². The number of H-pyrrole nitrogens is 1.